The summed E-state index contributed by atoms with van der Waals surface area (Å²) in [7, 11) is 1.19. The Morgan fingerprint density at radius 2 is 0.762 bits per heavy atom. The first-order valence-electron chi connectivity index (χ1n) is 34.1. The Labute approximate surface area is 496 Å². The molecule has 0 aliphatic rings. The van der Waals surface area contributed by atoms with E-state index >= 15 is 0 Å². The average molecular weight is 1140 g/mol. The predicted octanol–water partition coefficient (Wildman–Crippen LogP) is 20.8. The molecule has 3 atom stereocenters. The van der Waals surface area contributed by atoms with E-state index in [9.17, 15) is 19.0 Å². The number of hydrogen-bond donors (Lipinski definition) is 1. The molecule has 80 heavy (non-hydrogen) atoms. The zero-order valence-electron chi connectivity index (χ0n) is 53.5. The standard InChI is InChI=1S/C70H131N2O7P/c1-7-10-13-16-19-22-25-28-30-32-34-35-36-37-39-41-43-45-48-51-54-57-60-63-70(74)79-68(61-58-55-52-49-46-27-24-21-18-15-12-9-3)67(66-78-80(75,76)77-65-64-72(4,5)6)71-69(73)62-59-56-53-50-47-44-42-40-38-33-31-29-26-23-20-17-14-11-8-2/h19,22,28-31,34-35,58,61,67-68H,7-18,20-21,23-27,32-33,36-57,59-60,62-66H2,1-6H3,(H-,71,73,75,76)/b22-19-,30-28-,31-29+,35-34-,61-58+. The van der Waals surface area contributed by atoms with Gasteiger partial charge in [-0.05, 0) is 96.0 Å². The Bertz CT molecular complexity index is 1550. The van der Waals surface area contributed by atoms with Crippen molar-refractivity contribution in [2.24, 2.45) is 0 Å². The van der Waals surface area contributed by atoms with E-state index in [4.69, 9.17) is 13.8 Å². The predicted molar refractivity (Wildman–Crippen MR) is 344 cm³/mol. The van der Waals surface area contributed by atoms with Gasteiger partial charge in [0.25, 0.3) is 7.82 Å². The smallest absolute Gasteiger partial charge is 0.306 e. The van der Waals surface area contributed by atoms with E-state index in [0.717, 1.165) is 70.6 Å². The lowest BCUT2D eigenvalue weighted by molar-refractivity contribution is -0.870. The van der Waals surface area contributed by atoms with Crippen molar-refractivity contribution in [3.8, 4) is 0 Å². The molecule has 1 amide bonds. The van der Waals surface area contributed by atoms with Gasteiger partial charge in [0.1, 0.15) is 19.3 Å². The van der Waals surface area contributed by atoms with Gasteiger partial charge in [-0.3, -0.25) is 14.2 Å². The van der Waals surface area contributed by atoms with Crippen molar-refractivity contribution < 1.29 is 37.3 Å². The zero-order valence-corrected chi connectivity index (χ0v) is 54.4. The summed E-state index contributed by atoms with van der Waals surface area (Å²) in [5.41, 5.74) is 0. The Balaban J connectivity index is 5.13. The number of unbranched alkanes of at least 4 members (excludes halogenated alkanes) is 38. The third kappa shape index (κ3) is 60.3. The summed E-state index contributed by atoms with van der Waals surface area (Å²) < 4.78 is 30.4. The average Bonchev–Trinajstić information content (AvgIpc) is 3.43. The van der Waals surface area contributed by atoms with Crippen LogP contribution in [0.15, 0.2) is 60.8 Å². The van der Waals surface area contributed by atoms with Crippen molar-refractivity contribution in [3.63, 3.8) is 0 Å². The molecule has 0 fully saturated rings. The summed E-state index contributed by atoms with van der Waals surface area (Å²) >= 11 is 0. The molecule has 3 unspecified atom stereocenters. The highest BCUT2D eigenvalue weighted by molar-refractivity contribution is 7.45. The summed E-state index contributed by atoms with van der Waals surface area (Å²) in [5.74, 6) is -0.538. The van der Waals surface area contributed by atoms with Gasteiger partial charge in [0, 0.05) is 12.8 Å². The minimum Gasteiger partial charge on any atom is -0.756 e. The second-order valence-corrected chi connectivity index (χ2v) is 25.7. The first-order chi connectivity index (χ1) is 38.9. The van der Waals surface area contributed by atoms with Crippen LogP contribution in [0.3, 0.4) is 0 Å². The van der Waals surface area contributed by atoms with Crippen LogP contribution in [-0.2, 0) is 27.9 Å². The monoisotopic (exact) mass is 1140 g/mol. The number of nitrogens with zero attached hydrogens (tertiary/aromatic N) is 1. The second-order valence-electron chi connectivity index (χ2n) is 24.3. The number of likely N-dealkylation sites (N-methyl/N-ethyl adjacent to an activating group) is 1. The number of phosphoric ester groups is 1. The zero-order chi connectivity index (χ0) is 58.6. The van der Waals surface area contributed by atoms with Gasteiger partial charge in [-0.25, -0.2) is 0 Å². The number of carbonyl (C=O) groups is 2. The van der Waals surface area contributed by atoms with E-state index in [0.29, 0.717) is 17.4 Å². The van der Waals surface area contributed by atoms with Gasteiger partial charge in [-0.1, -0.05) is 275 Å². The highest BCUT2D eigenvalue weighted by Crippen LogP contribution is 2.38. The third-order valence-corrected chi connectivity index (χ3v) is 16.1. The molecular weight excluding hydrogens is 1010 g/mol. The maximum Gasteiger partial charge on any atom is 0.306 e. The van der Waals surface area contributed by atoms with Crippen molar-refractivity contribution in [1.29, 1.82) is 0 Å². The fraction of sp³-hybridized carbons (Fsp3) is 0.829. The number of ether oxygens (including phenoxy) is 1. The molecule has 0 aliphatic carbocycles. The molecule has 10 heteroatoms. The highest BCUT2D eigenvalue weighted by Gasteiger charge is 2.27. The van der Waals surface area contributed by atoms with E-state index < -0.39 is 20.0 Å². The van der Waals surface area contributed by atoms with Crippen LogP contribution in [0.5, 0.6) is 0 Å². The first kappa shape index (κ1) is 77.7. The molecule has 1 N–H and O–H groups in total. The van der Waals surface area contributed by atoms with Crippen LogP contribution in [0, 0.1) is 0 Å². The molecule has 0 aromatic heterocycles. The fourth-order valence-corrected chi connectivity index (χ4v) is 10.6. The van der Waals surface area contributed by atoms with E-state index in [1.165, 1.54) is 218 Å². The SMILES string of the molecule is CCCCC/C=C\C/C=C\C/C=C\CCCCCCCCCCCCC(=O)OC(/C=C/CCCCCCCCCCCC)C(COP(=O)([O-])OCC[N+](C)(C)C)NC(=O)CCCCCCCCCCC/C=C/CCCCCCCC. The fourth-order valence-electron chi connectivity index (χ4n) is 9.88. The number of quaternary nitrogens is 1. The Morgan fingerprint density at radius 1 is 0.438 bits per heavy atom. The molecule has 0 aromatic carbocycles. The largest absolute Gasteiger partial charge is 0.756 e. The summed E-state index contributed by atoms with van der Waals surface area (Å²) in [6, 6.07) is -0.892. The topological polar surface area (TPSA) is 114 Å². The van der Waals surface area contributed by atoms with Crippen LogP contribution >= 0.6 is 7.82 Å². The molecule has 0 bridgehead atoms. The number of hydrogen-bond acceptors (Lipinski definition) is 7. The van der Waals surface area contributed by atoms with Crippen molar-refractivity contribution in [1.82, 2.24) is 5.32 Å². The quantitative estimate of drug-likeness (QED) is 0.0212. The number of allylic oxidation sites excluding steroid dienone is 9. The van der Waals surface area contributed by atoms with E-state index in [1.807, 2.05) is 33.3 Å². The molecule has 0 radical (unpaired) electrons. The lowest BCUT2D eigenvalue weighted by atomic mass is 10.0. The maximum absolute atomic E-state index is 13.6. The van der Waals surface area contributed by atoms with Crippen LogP contribution < -0.4 is 10.2 Å². The Kier molecular flexibility index (Phi) is 58.1. The minimum atomic E-state index is -4.70. The van der Waals surface area contributed by atoms with Crippen molar-refractivity contribution in [3.05, 3.63) is 60.8 Å². The molecule has 468 valence electrons. The van der Waals surface area contributed by atoms with Gasteiger partial charge in [-0.15, -0.1) is 0 Å². The van der Waals surface area contributed by atoms with Crippen molar-refractivity contribution >= 4 is 19.7 Å². The molecule has 0 saturated heterocycles. The lowest BCUT2D eigenvalue weighted by Crippen LogP contribution is -2.47. The summed E-state index contributed by atoms with van der Waals surface area (Å²) in [5, 5.41) is 3.04. The number of carbonyl (C=O) groups excluding carboxylic acids is 2. The van der Waals surface area contributed by atoms with Crippen LogP contribution in [-0.4, -0.2) is 69.4 Å². The number of rotatable bonds is 62. The van der Waals surface area contributed by atoms with E-state index in [1.54, 1.807) is 0 Å². The van der Waals surface area contributed by atoms with Crippen LogP contribution in [0.2, 0.25) is 0 Å². The molecule has 0 saturated carbocycles. The number of amides is 1. The number of nitrogens with one attached hydrogen (secondary N) is 1. The first-order valence-corrected chi connectivity index (χ1v) is 35.6. The van der Waals surface area contributed by atoms with Gasteiger partial charge < -0.3 is 28.5 Å². The van der Waals surface area contributed by atoms with E-state index in [2.05, 4.69) is 74.7 Å². The lowest BCUT2D eigenvalue weighted by Gasteiger charge is -2.30. The summed E-state index contributed by atoms with van der Waals surface area (Å²) in [6.45, 7) is 6.84. The third-order valence-electron chi connectivity index (χ3n) is 15.2. The Hall–Kier alpha value is -2.29. The molecular formula is C70H131N2O7P. The molecule has 9 nitrogen and oxygen atoms in total. The highest BCUT2D eigenvalue weighted by atomic mass is 31.2. The van der Waals surface area contributed by atoms with E-state index in [-0.39, 0.29) is 31.5 Å². The summed E-state index contributed by atoms with van der Waals surface area (Å²) in [4.78, 5) is 40.1. The van der Waals surface area contributed by atoms with Crippen molar-refractivity contribution in [2.45, 2.75) is 335 Å². The molecule has 0 aliphatic heterocycles. The van der Waals surface area contributed by atoms with Gasteiger partial charge in [0.2, 0.25) is 5.91 Å². The second kappa shape index (κ2) is 59.9. The minimum absolute atomic E-state index is 0.0236. The van der Waals surface area contributed by atoms with Gasteiger partial charge >= 0.3 is 5.97 Å². The molecule has 0 rings (SSSR count). The van der Waals surface area contributed by atoms with Gasteiger partial charge in [0.05, 0.1) is 33.8 Å². The molecule has 0 spiro atoms. The van der Waals surface area contributed by atoms with Crippen LogP contribution in [0.1, 0.15) is 323 Å². The normalized spacial score (nSPS) is 13.9. The van der Waals surface area contributed by atoms with Gasteiger partial charge in [-0.2, -0.15) is 0 Å². The van der Waals surface area contributed by atoms with Crippen LogP contribution in [0.25, 0.3) is 0 Å². The van der Waals surface area contributed by atoms with Crippen molar-refractivity contribution in [2.75, 3.05) is 40.9 Å². The Morgan fingerprint density at radius 3 is 1.18 bits per heavy atom. The maximum atomic E-state index is 13.6. The molecule has 0 heterocycles. The molecule has 0 aromatic rings. The van der Waals surface area contributed by atoms with Crippen LogP contribution in [0.4, 0.5) is 0 Å². The summed E-state index contributed by atoms with van der Waals surface area (Å²) in [6.07, 6.45) is 76.1. The number of esters is 1. The van der Waals surface area contributed by atoms with Gasteiger partial charge in [0.15, 0.2) is 0 Å². The number of phosphoric acid groups is 1.